The first-order chi connectivity index (χ1) is 9.06. The Bertz CT molecular complexity index is 464. The Labute approximate surface area is 125 Å². The van der Waals surface area contributed by atoms with Gasteiger partial charge in [-0.1, -0.05) is 13.0 Å². The van der Waals surface area contributed by atoms with Crippen LogP contribution in [0, 0.1) is 6.92 Å². The molecule has 6 heteroatoms. The Morgan fingerprint density at radius 2 is 1.85 bits per heavy atom. The second-order valence-corrected chi connectivity index (χ2v) is 4.33. The van der Waals surface area contributed by atoms with Gasteiger partial charge in [-0.2, -0.15) is 0 Å². The summed E-state index contributed by atoms with van der Waals surface area (Å²) in [6.45, 7) is 4.35. The van der Waals surface area contributed by atoms with Crippen molar-refractivity contribution in [1.82, 2.24) is 5.32 Å². The van der Waals surface area contributed by atoms with Crippen molar-refractivity contribution in [2.45, 2.75) is 26.7 Å². The van der Waals surface area contributed by atoms with Crippen molar-refractivity contribution < 1.29 is 9.59 Å². The van der Waals surface area contributed by atoms with Gasteiger partial charge in [0.1, 0.15) is 0 Å². The van der Waals surface area contributed by atoms with Gasteiger partial charge in [0, 0.05) is 30.8 Å². The molecule has 0 fully saturated rings. The van der Waals surface area contributed by atoms with Gasteiger partial charge < -0.3 is 16.0 Å². The van der Waals surface area contributed by atoms with Gasteiger partial charge in [0.05, 0.1) is 0 Å². The average Bonchev–Trinajstić information content (AvgIpc) is 2.40. The quantitative estimate of drug-likeness (QED) is 0.755. The second kappa shape index (κ2) is 9.34. The molecule has 0 aliphatic carbocycles. The minimum Gasteiger partial charge on any atom is -0.326 e. The number of hydrogen-bond donors (Lipinski definition) is 3. The van der Waals surface area contributed by atoms with Gasteiger partial charge in [-0.25, -0.2) is 0 Å². The van der Waals surface area contributed by atoms with E-state index < -0.39 is 0 Å². The van der Waals surface area contributed by atoms with Crippen LogP contribution in [-0.2, 0) is 9.59 Å². The van der Waals surface area contributed by atoms with Crippen molar-refractivity contribution >= 4 is 35.6 Å². The second-order valence-electron chi connectivity index (χ2n) is 4.33. The lowest BCUT2D eigenvalue weighted by molar-refractivity contribution is -0.116. The molecule has 0 saturated heterocycles. The number of aryl methyl sites for hydroxylation is 1. The first-order valence-electron chi connectivity index (χ1n) is 6.41. The molecule has 0 radical (unpaired) electrons. The van der Waals surface area contributed by atoms with Gasteiger partial charge in [0.2, 0.25) is 11.8 Å². The van der Waals surface area contributed by atoms with E-state index in [4.69, 9.17) is 0 Å². The number of nitrogens with one attached hydrogen (secondary N) is 3. The number of halogens is 1. The summed E-state index contributed by atoms with van der Waals surface area (Å²) in [5, 5.41) is 8.55. The number of carbonyl (C=O) groups excluding carboxylic acids is 2. The zero-order chi connectivity index (χ0) is 14.3. The van der Waals surface area contributed by atoms with E-state index >= 15 is 0 Å². The van der Waals surface area contributed by atoms with Gasteiger partial charge in [-0.15, -0.1) is 12.4 Å². The van der Waals surface area contributed by atoms with Gasteiger partial charge in [-0.05, 0) is 31.7 Å². The molecular formula is C14H22ClN3O2. The monoisotopic (exact) mass is 299 g/mol. The molecule has 0 aliphatic heterocycles. The average molecular weight is 300 g/mol. The summed E-state index contributed by atoms with van der Waals surface area (Å²) >= 11 is 0. The van der Waals surface area contributed by atoms with Gasteiger partial charge in [0.25, 0.3) is 0 Å². The van der Waals surface area contributed by atoms with Crippen molar-refractivity contribution in [3.63, 3.8) is 0 Å². The van der Waals surface area contributed by atoms with Crippen molar-refractivity contribution in [2.24, 2.45) is 0 Å². The summed E-state index contributed by atoms with van der Waals surface area (Å²) in [6, 6.07) is 5.48. The molecule has 1 aromatic rings. The smallest absolute Gasteiger partial charge is 0.225 e. The largest absolute Gasteiger partial charge is 0.326 e. The van der Waals surface area contributed by atoms with Crippen LogP contribution in [-0.4, -0.2) is 25.4 Å². The Morgan fingerprint density at radius 1 is 1.15 bits per heavy atom. The van der Waals surface area contributed by atoms with Crippen molar-refractivity contribution in [1.29, 1.82) is 0 Å². The van der Waals surface area contributed by atoms with Crippen LogP contribution in [0.25, 0.3) is 0 Å². The molecule has 1 aromatic carbocycles. The summed E-state index contributed by atoms with van der Waals surface area (Å²) < 4.78 is 0. The normalized spacial score (nSPS) is 9.55. The molecule has 0 spiro atoms. The third-order valence-electron chi connectivity index (χ3n) is 2.72. The molecule has 0 unspecified atom stereocenters. The minimum atomic E-state index is -0.0451. The maximum Gasteiger partial charge on any atom is 0.225 e. The van der Waals surface area contributed by atoms with Crippen molar-refractivity contribution in [2.75, 3.05) is 24.2 Å². The molecule has 0 atom stereocenters. The molecule has 0 heterocycles. The summed E-state index contributed by atoms with van der Waals surface area (Å²) in [5.74, 6) is -0.0901. The van der Waals surface area contributed by atoms with Gasteiger partial charge >= 0.3 is 0 Å². The molecule has 5 nitrogen and oxygen atoms in total. The van der Waals surface area contributed by atoms with Crippen LogP contribution >= 0.6 is 12.4 Å². The Balaban J connectivity index is 0.00000361. The molecule has 0 aliphatic rings. The number of carbonyl (C=O) groups is 2. The summed E-state index contributed by atoms with van der Waals surface area (Å²) in [4.78, 5) is 23.0. The number of hydrogen-bond acceptors (Lipinski definition) is 3. The lowest BCUT2D eigenvalue weighted by atomic mass is 10.1. The van der Waals surface area contributed by atoms with Crippen LogP contribution in [0.5, 0.6) is 0 Å². The van der Waals surface area contributed by atoms with Crippen LogP contribution < -0.4 is 16.0 Å². The fourth-order valence-electron chi connectivity index (χ4n) is 1.54. The van der Waals surface area contributed by atoms with Crippen molar-refractivity contribution in [3.05, 3.63) is 23.8 Å². The van der Waals surface area contributed by atoms with E-state index in [0.717, 1.165) is 11.3 Å². The van der Waals surface area contributed by atoms with E-state index in [-0.39, 0.29) is 24.2 Å². The van der Waals surface area contributed by atoms with E-state index in [2.05, 4.69) is 16.0 Å². The third kappa shape index (κ3) is 6.04. The predicted octanol–water partition coefficient (Wildman–Crippen LogP) is 2.31. The van der Waals surface area contributed by atoms with Crippen LogP contribution in [0.1, 0.15) is 25.3 Å². The summed E-state index contributed by atoms with van der Waals surface area (Å²) in [7, 11) is 1.80. The molecule has 20 heavy (non-hydrogen) atoms. The summed E-state index contributed by atoms with van der Waals surface area (Å²) in [5.41, 5.74) is 2.39. The zero-order valence-electron chi connectivity index (χ0n) is 12.1. The Hall–Kier alpha value is -1.59. The standard InChI is InChI=1S/C14H21N3O2.ClH/c1-4-13(18)16-11-6-5-10(2)12(9-11)17-14(19)7-8-15-3;/h5-6,9,15H,4,7-8H2,1-3H3,(H,16,18)(H,17,19);1H. The predicted molar refractivity (Wildman–Crippen MR) is 84.5 cm³/mol. The number of amides is 2. The molecule has 0 aromatic heterocycles. The maximum absolute atomic E-state index is 11.7. The van der Waals surface area contributed by atoms with E-state index in [0.29, 0.717) is 25.1 Å². The third-order valence-corrected chi connectivity index (χ3v) is 2.72. The highest BCUT2D eigenvalue weighted by atomic mass is 35.5. The molecule has 3 N–H and O–H groups in total. The topological polar surface area (TPSA) is 70.2 Å². The highest BCUT2D eigenvalue weighted by Gasteiger charge is 2.06. The van der Waals surface area contributed by atoms with Gasteiger partial charge in [0.15, 0.2) is 0 Å². The molecule has 112 valence electrons. The summed E-state index contributed by atoms with van der Waals surface area (Å²) in [6.07, 6.45) is 0.846. The number of rotatable bonds is 6. The lowest BCUT2D eigenvalue weighted by Gasteiger charge is -2.11. The minimum absolute atomic E-state index is 0. The van der Waals surface area contributed by atoms with E-state index in [1.54, 1.807) is 20.0 Å². The molecular weight excluding hydrogens is 278 g/mol. The fourth-order valence-corrected chi connectivity index (χ4v) is 1.54. The van der Waals surface area contributed by atoms with Gasteiger partial charge in [-0.3, -0.25) is 9.59 Å². The first-order valence-corrected chi connectivity index (χ1v) is 6.41. The number of benzene rings is 1. The van der Waals surface area contributed by atoms with E-state index in [1.807, 2.05) is 19.1 Å². The van der Waals surface area contributed by atoms with Crippen LogP contribution in [0.2, 0.25) is 0 Å². The van der Waals surface area contributed by atoms with Crippen molar-refractivity contribution in [3.8, 4) is 0 Å². The van der Waals surface area contributed by atoms with E-state index in [1.165, 1.54) is 0 Å². The van der Waals surface area contributed by atoms with Crippen LogP contribution in [0.4, 0.5) is 11.4 Å². The number of anilines is 2. The molecule has 2 amide bonds. The Morgan fingerprint density at radius 3 is 2.45 bits per heavy atom. The maximum atomic E-state index is 11.7. The van der Waals surface area contributed by atoms with Crippen LogP contribution in [0.3, 0.4) is 0 Å². The van der Waals surface area contributed by atoms with E-state index in [9.17, 15) is 9.59 Å². The van der Waals surface area contributed by atoms with Crippen LogP contribution in [0.15, 0.2) is 18.2 Å². The molecule has 0 bridgehead atoms. The lowest BCUT2D eigenvalue weighted by Crippen LogP contribution is -2.19. The Kier molecular flexibility index (Phi) is 8.59. The SMILES string of the molecule is CCC(=O)Nc1ccc(C)c(NC(=O)CCNC)c1.Cl. The molecule has 1 rings (SSSR count). The first kappa shape index (κ1) is 18.4. The highest BCUT2D eigenvalue weighted by molar-refractivity contribution is 5.94. The zero-order valence-corrected chi connectivity index (χ0v) is 12.9. The molecule has 0 saturated carbocycles. The fraction of sp³-hybridized carbons (Fsp3) is 0.429. The highest BCUT2D eigenvalue weighted by Crippen LogP contribution is 2.20.